The maximum absolute atomic E-state index is 12.6. The van der Waals surface area contributed by atoms with E-state index in [1.807, 2.05) is 48.5 Å². The molecule has 1 N–H and O–H groups in total. The van der Waals surface area contributed by atoms with Crippen LogP contribution in [0.1, 0.15) is 21.3 Å². The summed E-state index contributed by atoms with van der Waals surface area (Å²) in [7, 11) is 3.19. The third-order valence-electron chi connectivity index (χ3n) is 4.98. The highest BCUT2D eigenvalue weighted by Gasteiger charge is 2.34. The lowest BCUT2D eigenvalue weighted by Crippen LogP contribution is -2.27. The van der Waals surface area contributed by atoms with Crippen LogP contribution in [0.15, 0.2) is 72.8 Å². The van der Waals surface area contributed by atoms with Crippen LogP contribution in [0, 0.1) is 0 Å². The monoisotopic (exact) mass is 434 g/mol. The first kappa shape index (κ1) is 20.8. The van der Waals surface area contributed by atoms with Gasteiger partial charge in [-0.3, -0.25) is 14.5 Å². The number of hydrogen-bond acceptors (Lipinski definition) is 5. The van der Waals surface area contributed by atoms with E-state index >= 15 is 0 Å². The van der Waals surface area contributed by atoms with Gasteiger partial charge in [0.05, 0.1) is 20.0 Å². The van der Waals surface area contributed by atoms with Gasteiger partial charge in [-0.05, 0) is 54.1 Å². The quantitative estimate of drug-likeness (QED) is 0.607. The molecule has 31 heavy (non-hydrogen) atoms. The van der Waals surface area contributed by atoms with E-state index in [0.29, 0.717) is 28.5 Å². The molecule has 0 saturated carbocycles. The average Bonchev–Trinajstić information content (AvgIpc) is 3.20. The lowest BCUT2D eigenvalue weighted by Gasteiger charge is -2.25. The van der Waals surface area contributed by atoms with Crippen LogP contribution < -0.4 is 19.7 Å². The van der Waals surface area contributed by atoms with Crippen molar-refractivity contribution >= 4 is 35.0 Å². The summed E-state index contributed by atoms with van der Waals surface area (Å²) in [6.07, 6.45) is 0. The van der Waals surface area contributed by atoms with Gasteiger partial charge in [0.1, 0.15) is 16.9 Å². The number of thioether (sulfide) groups is 1. The lowest BCUT2D eigenvalue weighted by molar-refractivity contribution is -0.115. The van der Waals surface area contributed by atoms with Crippen LogP contribution in [-0.4, -0.2) is 31.8 Å². The van der Waals surface area contributed by atoms with E-state index in [0.717, 1.165) is 11.3 Å². The maximum atomic E-state index is 12.6. The van der Waals surface area contributed by atoms with E-state index < -0.39 is 0 Å². The number of anilines is 2. The highest BCUT2D eigenvalue weighted by molar-refractivity contribution is 8.00. The predicted octanol–water partition coefficient (Wildman–Crippen LogP) is 4.73. The number of benzene rings is 3. The van der Waals surface area contributed by atoms with Gasteiger partial charge in [0.25, 0.3) is 5.91 Å². The van der Waals surface area contributed by atoms with E-state index in [1.165, 1.54) is 0 Å². The molecule has 3 aromatic carbocycles. The fraction of sp³-hybridized carbons (Fsp3) is 0.167. The molecule has 1 atom stereocenters. The molecule has 1 aliphatic rings. The van der Waals surface area contributed by atoms with Crippen molar-refractivity contribution in [3.8, 4) is 11.5 Å². The molecule has 0 radical (unpaired) electrons. The van der Waals surface area contributed by atoms with Gasteiger partial charge in [0.15, 0.2) is 0 Å². The second-order valence-electron chi connectivity index (χ2n) is 6.94. The Hall–Kier alpha value is -3.45. The molecule has 0 unspecified atom stereocenters. The zero-order chi connectivity index (χ0) is 21.8. The Morgan fingerprint density at radius 3 is 2.45 bits per heavy atom. The Morgan fingerprint density at radius 2 is 1.71 bits per heavy atom. The zero-order valence-electron chi connectivity index (χ0n) is 17.2. The van der Waals surface area contributed by atoms with Gasteiger partial charge in [-0.2, -0.15) is 0 Å². The SMILES string of the molecule is COc1ccc(C(=O)Nc2cccc([C@H]3SCC(=O)N3c3cccc(OC)c3)c2)cc1. The summed E-state index contributed by atoms with van der Waals surface area (Å²) in [5.41, 5.74) is 2.93. The van der Waals surface area contributed by atoms with Gasteiger partial charge in [0.2, 0.25) is 5.91 Å². The summed E-state index contributed by atoms with van der Waals surface area (Å²) >= 11 is 1.56. The van der Waals surface area contributed by atoms with Crippen molar-refractivity contribution in [3.05, 3.63) is 83.9 Å². The molecule has 3 aromatic rings. The van der Waals surface area contributed by atoms with Crippen LogP contribution >= 0.6 is 11.8 Å². The number of amides is 2. The van der Waals surface area contributed by atoms with Gasteiger partial charge in [-0.15, -0.1) is 11.8 Å². The van der Waals surface area contributed by atoms with Crippen molar-refractivity contribution in [2.45, 2.75) is 5.37 Å². The van der Waals surface area contributed by atoms with Crippen LogP contribution in [0.25, 0.3) is 0 Å². The van der Waals surface area contributed by atoms with Gasteiger partial charge >= 0.3 is 0 Å². The van der Waals surface area contributed by atoms with Crippen molar-refractivity contribution in [2.24, 2.45) is 0 Å². The molecule has 0 bridgehead atoms. The lowest BCUT2D eigenvalue weighted by atomic mass is 10.1. The molecule has 0 aromatic heterocycles. The molecule has 1 saturated heterocycles. The maximum Gasteiger partial charge on any atom is 0.255 e. The van der Waals surface area contributed by atoms with Crippen molar-refractivity contribution in [2.75, 3.05) is 30.2 Å². The molecule has 1 heterocycles. The minimum Gasteiger partial charge on any atom is -0.497 e. The number of nitrogens with zero attached hydrogens (tertiary/aromatic N) is 1. The summed E-state index contributed by atoms with van der Waals surface area (Å²) in [5.74, 6) is 1.61. The largest absolute Gasteiger partial charge is 0.497 e. The van der Waals surface area contributed by atoms with E-state index in [1.54, 1.807) is 55.1 Å². The standard InChI is InChI=1S/C24H22N2O4S/c1-29-20-11-9-16(10-12-20)23(28)25-18-6-3-5-17(13-18)24-26(22(27)15-31-24)19-7-4-8-21(14-19)30-2/h3-14,24H,15H2,1-2H3,(H,25,28)/t24-/m1/s1. The summed E-state index contributed by atoms with van der Waals surface area (Å²) in [6.45, 7) is 0. The van der Waals surface area contributed by atoms with Gasteiger partial charge in [0, 0.05) is 23.0 Å². The van der Waals surface area contributed by atoms with E-state index in [9.17, 15) is 9.59 Å². The third-order valence-corrected chi connectivity index (χ3v) is 6.19. The Labute approximate surface area is 185 Å². The molecule has 4 rings (SSSR count). The number of nitrogens with one attached hydrogen (secondary N) is 1. The summed E-state index contributed by atoms with van der Waals surface area (Å²) in [6, 6.07) is 22.0. The highest BCUT2D eigenvalue weighted by atomic mass is 32.2. The van der Waals surface area contributed by atoms with Gasteiger partial charge in [-0.25, -0.2) is 0 Å². The minimum absolute atomic E-state index is 0.0379. The van der Waals surface area contributed by atoms with Crippen molar-refractivity contribution in [3.63, 3.8) is 0 Å². The number of carbonyl (C=O) groups excluding carboxylic acids is 2. The fourth-order valence-corrected chi connectivity index (χ4v) is 4.59. The molecule has 2 amide bonds. The first-order chi connectivity index (χ1) is 15.1. The molecule has 1 aliphatic heterocycles. The Balaban J connectivity index is 1.56. The average molecular weight is 435 g/mol. The number of methoxy groups -OCH3 is 2. The van der Waals surface area contributed by atoms with E-state index in [4.69, 9.17) is 9.47 Å². The zero-order valence-corrected chi connectivity index (χ0v) is 18.0. The normalized spacial score (nSPS) is 15.6. The number of carbonyl (C=O) groups is 2. The van der Waals surface area contributed by atoms with E-state index in [-0.39, 0.29) is 17.2 Å². The third kappa shape index (κ3) is 4.51. The smallest absolute Gasteiger partial charge is 0.255 e. The second-order valence-corrected chi connectivity index (χ2v) is 8.01. The highest BCUT2D eigenvalue weighted by Crippen LogP contribution is 2.42. The predicted molar refractivity (Wildman–Crippen MR) is 123 cm³/mol. The molecule has 0 spiro atoms. The van der Waals surface area contributed by atoms with Crippen LogP contribution in [0.2, 0.25) is 0 Å². The Kier molecular flexibility index (Phi) is 6.13. The van der Waals surface area contributed by atoms with Gasteiger partial charge in [-0.1, -0.05) is 18.2 Å². The topological polar surface area (TPSA) is 67.9 Å². The molecule has 7 heteroatoms. The Morgan fingerprint density at radius 1 is 0.968 bits per heavy atom. The number of ether oxygens (including phenoxy) is 2. The van der Waals surface area contributed by atoms with E-state index in [2.05, 4.69) is 5.32 Å². The first-order valence-electron chi connectivity index (χ1n) is 9.72. The van der Waals surface area contributed by atoms with Crippen LogP contribution in [0.5, 0.6) is 11.5 Å². The summed E-state index contributed by atoms with van der Waals surface area (Å²) < 4.78 is 10.4. The fourth-order valence-electron chi connectivity index (χ4n) is 3.43. The van der Waals surface area contributed by atoms with Crippen molar-refractivity contribution in [1.82, 2.24) is 0 Å². The molecule has 6 nitrogen and oxygen atoms in total. The van der Waals surface area contributed by atoms with Crippen LogP contribution in [0.3, 0.4) is 0 Å². The van der Waals surface area contributed by atoms with Gasteiger partial charge < -0.3 is 14.8 Å². The first-order valence-corrected chi connectivity index (χ1v) is 10.8. The molecular formula is C24H22N2O4S. The summed E-state index contributed by atoms with van der Waals surface area (Å²) in [4.78, 5) is 27.0. The number of hydrogen-bond donors (Lipinski definition) is 1. The number of rotatable bonds is 6. The second kappa shape index (κ2) is 9.14. The molecule has 158 valence electrons. The minimum atomic E-state index is -0.209. The van der Waals surface area contributed by atoms with Crippen molar-refractivity contribution < 1.29 is 19.1 Å². The summed E-state index contributed by atoms with van der Waals surface area (Å²) in [5, 5.41) is 2.75. The Bertz CT molecular complexity index is 1100. The van der Waals surface area contributed by atoms with Crippen LogP contribution in [-0.2, 0) is 4.79 Å². The molecular weight excluding hydrogens is 412 g/mol. The van der Waals surface area contributed by atoms with Crippen LogP contribution in [0.4, 0.5) is 11.4 Å². The van der Waals surface area contributed by atoms with Crippen molar-refractivity contribution in [1.29, 1.82) is 0 Å². The molecule has 1 fully saturated rings. The molecule has 0 aliphatic carbocycles.